The Balaban J connectivity index is 1.94. The van der Waals surface area contributed by atoms with Crippen LogP contribution < -0.4 is 14.8 Å². The van der Waals surface area contributed by atoms with Gasteiger partial charge in [0.1, 0.15) is 11.5 Å². The van der Waals surface area contributed by atoms with Crippen LogP contribution in [0.2, 0.25) is 0 Å². The third-order valence-corrected chi connectivity index (χ3v) is 3.94. The fourth-order valence-electron chi connectivity index (χ4n) is 2.51. The fraction of sp³-hybridized carbons (Fsp3) is 0.300. The Morgan fingerprint density at radius 1 is 1.00 bits per heavy atom. The average molecular weight is 356 g/mol. The van der Waals surface area contributed by atoms with Crippen molar-refractivity contribution in [2.75, 3.05) is 32.6 Å². The minimum Gasteiger partial charge on any atom is -0.497 e. The molecule has 0 unspecified atom stereocenters. The standard InChI is InChI=1S/C20H24N2O4/c1-15(23)22(11-10-16-6-4-8-18(12-16)25-2)14-20(24)21-17-7-5-9-19(13-17)26-3/h4-9,12-13H,10-11,14H2,1-3H3,(H,21,24). The maximum atomic E-state index is 12.3. The van der Waals surface area contributed by atoms with Crippen LogP contribution in [0.4, 0.5) is 5.69 Å². The largest absolute Gasteiger partial charge is 0.497 e. The van der Waals surface area contributed by atoms with Crippen LogP contribution in [0.25, 0.3) is 0 Å². The van der Waals surface area contributed by atoms with Gasteiger partial charge in [0, 0.05) is 25.2 Å². The molecule has 0 bridgehead atoms. The van der Waals surface area contributed by atoms with E-state index < -0.39 is 0 Å². The molecule has 0 aromatic heterocycles. The minimum atomic E-state index is -0.251. The van der Waals surface area contributed by atoms with E-state index in [1.807, 2.05) is 24.3 Å². The molecule has 0 heterocycles. The van der Waals surface area contributed by atoms with Gasteiger partial charge in [-0.2, -0.15) is 0 Å². The van der Waals surface area contributed by atoms with Crippen LogP contribution in [-0.4, -0.2) is 44.0 Å². The number of hydrogen-bond donors (Lipinski definition) is 1. The molecule has 0 saturated heterocycles. The Labute approximate surface area is 153 Å². The maximum absolute atomic E-state index is 12.3. The predicted molar refractivity (Wildman–Crippen MR) is 101 cm³/mol. The number of ether oxygens (including phenoxy) is 2. The number of amides is 2. The third-order valence-electron chi connectivity index (χ3n) is 3.94. The monoisotopic (exact) mass is 356 g/mol. The van der Waals surface area contributed by atoms with Crippen LogP contribution in [0.15, 0.2) is 48.5 Å². The van der Waals surface area contributed by atoms with Crippen molar-refractivity contribution in [1.82, 2.24) is 4.90 Å². The Morgan fingerprint density at radius 3 is 2.31 bits per heavy atom. The van der Waals surface area contributed by atoms with Crippen molar-refractivity contribution in [3.8, 4) is 11.5 Å². The molecule has 0 spiro atoms. The highest BCUT2D eigenvalue weighted by Crippen LogP contribution is 2.17. The molecule has 0 saturated carbocycles. The van der Waals surface area contributed by atoms with Gasteiger partial charge in [-0.05, 0) is 36.2 Å². The number of methoxy groups -OCH3 is 2. The number of nitrogens with zero attached hydrogens (tertiary/aromatic N) is 1. The van der Waals surface area contributed by atoms with Crippen LogP contribution in [-0.2, 0) is 16.0 Å². The molecule has 138 valence electrons. The summed E-state index contributed by atoms with van der Waals surface area (Å²) in [4.78, 5) is 25.7. The lowest BCUT2D eigenvalue weighted by molar-refractivity contribution is -0.132. The molecule has 0 aliphatic heterocycles. The smallest absolute Gasteiger partial charge is 0.243 e. The number of rotatable bonds is 8. The minimum absolute atomic E-state index is 0.00346. The lowest BCUT2D eigenvalue weighted by Crippen LogP contribution is -2.38. The maximum Gasteiger partial charge on any atom is 0.243 e. The second-order valence-electron chi connectivity index (χ2n) is 5.82. The number of carbonyl (C=O) groups excluding carboxylic acids is 2. The van der Waals surface area contributed by atoms with E-state index in [1.54, 1.807) is 38.5 Å². The zero-order chi connectivity index (χ0) is 18.9. The van der Waals surface area contributed by atoms with Gasteiger partial charge >= 0.3 is 0 Å². The van der Waals surface area contributed by atoms with Crippen molar-refractivity contribution in [2.45, 2.75) is 13.3 Å². The molecular weight excluding hydrogens is 332 g/mol. The van der Waals surface area contributed by atoms with E-state index in [-0.39, 0.29) is 18.4 Å². The summed E-state index contributed by atoms with van der Waals surface area (Å²) >= 11 is 0. The van der Waals surface area contributed by atoms with Crippen molar-refractivity contribution < 1.29 is 19.1 Å². The van der Waals surface area contributed by atoms with E-state index >= 15 is 0 Å². The molecule has 1 N–H and O–H groups in total. The lowest BCUT2D eigenvalue weighted by Gasteiger charge is -2.20. The average Bonchev–Trinajstić information content (AvgIpc) is 2.65. The van der Waals surface area contributed by atoms with Gasteiger partial charge < -0.3 is 19.7 Å². The highest BCUT2D eigenvalue weighted by Gasteiger charge is 2.14. The Morgan fingerprint density at radius 2 is 1.65 bits per heavy atom. The van der Waals surface area contributed by atoms with Crippen molar-refractivity contribution in [3.63, 3.8) is 0 Å². The Bertz CT molecular complexity index is 761. The SMILES string of the molecule is COc1cccc(CCN(CC(=O)Nc2cccc(OC)c2)C(C)=O)c1. The van der Waals surface area contributed by atoms with Crippen LogP contribution in [0.3, 0.4) is 0 Å². The number of hydrogen-bond acceptors (Lipinski definition) is 4. The molecular formula is C20H24N2O4. The van der Waals surface area contributed by atoms with E-state index in [4.69, 9.17) is 9.47 Å². The topological polar surface area (TPSA) is 67.9 Å². The molecule has 2 aromatic carbocycles. The second kappa shape index (κ2) is 9.46. The van der Waals surface area contributed by atoms with Crippen molar-refractivity contribution in [1.29, 1.82) is 0 Å². The van der Waals surface area contributed by atoms with Crippen molar-refractivity contribution >= 4 is 17.5 Å². The van der Waals surface area contributed by atoms with Crippen molar-refractivity contribution in [3.05, 3.63) is 54.1 Å². The Kier molecular flexibility index (Phi) is 7.02. The molecule has 26 heavy (non-hydrogen) atoms. The summed E-state index contributed by atoms with van der Waals surface area (Å²) in [6, 6.07) is 14.8. The molecule has 0 aliphatic rings. The van der Waals surface area contributed by atoms with Crippen molar-refractivity contribution in [2.24, 2.45) is 0 Å². The zero-order valence-electron chi connectivity index (χ0n) is 15.3. The first-order valence-corrected chi connectivity index (χ1v) is 8.34. The first-order valence-electron chi connectivity index (χ1n) is 8.34. The van der Waals surface area contributed by atoms with E-state index in [9.17, 15) is 9.59 Å². The van der Waals surface area contributed by atoms with E-state index in [1.165, 1.54) is 11.8 Å². The highest BCUT2D eigenvalue weighted by molar-refractivity contribution is 5.94. The lowest BCUT2D eigenvalue weighted by atomic mass is 10.1. The van der Waals surface area contributed by atoms with Gasteiger partial charge in [-0.15, -0.1) is 0 Å². The summed E-state index contributed by atoms with van der Waals surface area (Å²) < 4.78 is 10.3. The Hall–Kier alpha value is -3.02. The van der Waals surface area contributed by atoms with Crippen LogP contribution in [0, 0.1) is 0 Å². The normalized spacial score (nSPS) is 10.1. The van der Waals surface area contributed by atoms with Gasteiger partial charge in [-0.25, -0.2) is 0 Å². The van der Waals surface area contributed by atoms with Gasteiger partial charge in [0.15, 0.2) is 0 Å². The first kappa shape index (κ1) is 19.3. The van der Waals surface area contributed by atoms with E-state index in [0.717, 1.165) is 11.3 Å². The fourth-order valence-corrected chi connectivity index (χ4v) is 2.51. The molecule has 0 aliphatic carbocycles. The second-order valence-corrected chi connectivity index (χ2v) is 5.82. The quantitative estimate of drug-likeness (QED) is 0.790. The molecule has 2 amide bonds. The van der Waals surface area contributed by atoms with Gasteiger partial charge in [-0.1, -0.05) is 18.2 Å². The zero-order valence-corrected chi connectivity index (χ0v) is 15.3. The van der Waals surface area contributed by atoms with Gasteiger partial charge in [0.2, 0.25) is 11.8 Å². The number of nitrogens with one attached hydrogen (secondary N) is 1. The summed E-state index contributed by atoms with van der Waals surface area (Å²) in [5.74, 6) is 1.03. The number of anilines is 1. The van der Waals surface area contributed by atoms with Crippen LogP contribution >= 0.6 is 0 Å². The molecule has 0 radical (unpaired) electrons. The summed E-state index contributed by atoms with van der Waals surface area (Å²) in [5, 5.41) is 2.79. The molecule has 0 atom stereocenters. The molecule has 0 fully saturated rings. The van der Waals surface area contributed by atoms with E-state index in [2.05, 4.69) is 5.32 Å². The van der Waals surface area contributed by atoms with Crippen LogP contribution in [0.5, 0.6) is 11.5 Å². The summed E-state index contributed by atoms with van der Waals surface area (Å²) in [6.07, 6.45) is 0.642. The van der Waals surface area contributed by atoms with E-state index in [0.29, 0.717) is 24.4 Å². The third kappa shape index (κ3) is 5.81. The van der Waals surface area contributed by atoms with Crippen LogP contribution in [0.1, 0.15) is 12.5 Å². The van der Waals surface area contributed by atoms with Gasteiger partial charge in [0.05, 0.1) is 20.8 Å². The predicted octanol–water partition coefficient (Wildman–Crippen LogP) is 2.73. The molecule has 2 rings (SSSR count). The molecule has 2 aromatic rings. The first-order chi connectivity index (χ1) is 12.5. The highest BCUT2D eigenvalue weighted by atomic mass is 16.5. The number of carbonyl (C=O) groups is 2. The number of benzene rings is 2. The van der Waals surface area contributed by atoms with Gasteiger partial charge in [-0.3, -0.25) is 9.59 Å². The van der Waals surface area contributed by atoms with Gasteiger partial charge in [0.25, 0.3) is 0 Å². The summed E-state index contributed by atoms with van der Waals surface area (Å²) in [6.45, 7) is 1.91. The summed E-state index contributed by atoms with van der Waals surface area (Å²) in [5.41, 5.74) is 1.68. The molecule has 6 heteroatoms. The summed E-state index contributed by atoms with van der Waals surface area (Å²) in [7, 11) is 3.18. The molecule has 6 nitrogen and oxygen atoms in total.